The second kappa shape index (κ2) is 7.72. The average molecular weight is 326 g/mol. The standard InChI is InChI=1S/C17H22N6O/c1-2-6-18-14-4-5-15(21-13-14)16(24)22-9-11-23(12-10-22)17-19-7-3-8-20-17/h3-5,7-8,13,18H,2,6,9-12H2,1H3. The molecule has 1 amide bonds. The van der Waals surface area contributed by atoms with Gasteiger partial charge in [-0.05, 0) is 24.6 Å². The first kappa shape index (κ1) is 16.2. The van der Waals surface area contributed by atoms with Gasteiger partial charge in [0, 0.05) is 45.1 Å². The van der Waals surface area contributed by atoms with E-state index in [0.29, 0.717) is 24.7 Å². The highest BCUT2D eigenvalue weighted by Crippen LogP contribution is 2.13. The summed E-state index contributed by atoms with van der Waals surface area (Å²) in [6.45, 7) is 5.76. The Labute approximate surface area is 141 Å². The largest absolute Gasteiger partial charge is 0.384 e. The fourth-order valence-electron chi connectivity index (χ4n) is 2.62. The van der Waals surface area contributed by atoms with Gasteiger partial charge in [-0.15, -0.1) is 0 Å². The number of carbonyl (C=O) groups is 1. The molecule has 126 valence electrons. The predicted molar refractivity (Wildman–Crippen MR) is 93.2 cm³/mol. The molecule has 0 saturated carbocycles. The molecule has 0 aliphatic carbocycles. The zero-order chi connectivity index (χ0) is 16.8. The Morgan fingerprint density at radius 2 is 1.88 bits per heavy atom. The Morgan fingerprint density at radius 1 is 1.12 bits per heavy atom. The molecule has 0 spiro atoms. The predicted octanol–water partition coefficient (Wildman–Crippen LogP) is 1.66. The maximum absolute atomic E-state index is 12.6. The maximum Gasteiger partial charge on any atom is 0.272 e. The zero-order valence-electron chi connectivity index (χ0n) is 13.9. The van der Waals surface area contributed by atoms with Crippen molar-refractivity contribution < 1.29 is 4.79 Å². The van der Waals surface area contributed by atoms with Crippen LogP contribution in [0.5, 0.6) is 0 Å². The lowest BCUT2D eigenvalue weighted by atomic mass is 10.2. The van der Waals surface area contributed by atoms with Crippen LogP contribution in [0.3, 0.4) is 0 Å². The summed E-state index contributed by atoms with van der Waals surface area (Å²) in [4.78, 5) is 29.3. The Hall–Kier alpha value is -2.70. The fraction of sp³-hybridized carbons (Fsp3) is 0.412. The number of nitrogens with one attached hydrogen (secondary N) is 1. The molecule has 0 bridgehead atoms. The van der Waals surface area contributed by atoms with Crippen LogP contribution >= 0.6 is 0 Å². The van der Waals surface area contributed by atoms with E-state index in [-0.39, 0.29) is 5.91 Å². The smallest absolute Gasteiger partial charge is 0.272 e. The lowest BCUT2D eigenvalue weighted by molar-refractivity contribution is 0.0740. The van der Waals surface area contributed by atoms with Gasteiger partial charge in [0.1, 0.15) is 5.69 Å². The molecule has 2 aromatic heterocycles. The van der Waals surface area contributed by atoms with Crippen LogP contribution in [0.1, 0.15) is 23.8 Å². The molecule has 1 saturated heterocycles. The second-order valence-corrected chi connectivity index (χ2v) is 5.69. The minimum Gasteiger partial charge on any atom is -0.384 e. The van der Waals surface area contributed by atoms with Crippen molar-refractivity contribution >= 4 is 17.5 Å². The molecule has 1 fully saturated rings. The summed E-state index contributed by atoms with van der Waals surface area (Å²) < 4.78 is 0. The van der Waals surface area contributed by atoms with Gasteiger partial charge in [0.25, 0.3) is 5.91 Å². The summed E-state index contributed by atoms with van der Waals surface area (Å²) in [6, 6.07) is 5.49. The molecule has 1 aliphatic rings. The second-order valence-electron chi connectivity index (χ2n) is 5.69. The molecule has 3 rings (SSSR count). The van der Waals surface area contributed by atoms with Crippen LogP contribution in [0.25, 0.3) is 0 Å². The first-order valence-electron chi connectivity index (χ1n) is 8.29. The van der Waals surface area contributed by atoms with Crippen molar-refractivity contribution in [3.8, 4) is 0 Å². The van der Waals surface area contributed by atoms with Gasteiger partial charge in [0.15, 0.2) is 0 Å². The quantitative estimate of drug-likeness (QED) is 0.901. The van der Waals surface area contributed by atoms with Crippen LogP contribution in [-0.4, -0.2) is 58.5 Å². The van der Waals surface area contributed by atoms with E-state index >= 15 is 0 Å². The third kappa shape index (κ3) is 3.79. The van der Waals surface area contributed by atoms with Crippen molar-refractivity contribution in [1.29, 1.82) is 0 Å². The number of carbonyl (C=O) groups excluding carboxylic acids is 1. The zero-order valence-corrected chi connectivity index (χ0v) is 13.9. The highest BCUT2D eigenvalue weighted by atomic mass is 16.2. The number of hydrogen-bond acceptors (Lipinski definition) is 6. The van der Waals surface area contributed by atoms with E-state index in [1.54, 1.807) is 30.7 Å². The van der Waals surface area contributed by atoms with Crippen LogP contribution in [0.15, 0.2) is 36.8 Å². The fourth-order valence-corrected chi connectivity index (χ4v) is 2.62. The number of hydrogen-bond donors (Lipinski definition) is 1. The molecule has 7 nitrogen and oxygen atoms in total. The Kier molecular flexibility index (Phi) is 5.20. The van der Waals surface area contributed by atoms with E-state index in [1.165, 1.54) is 0 Å². The molecular formula is C17H22N6O. The van der Waals surface area contributed by atoms with Gasteiger partial charge in [-0.3, -0.25) is 4.79 Å². The van der Waals surface area contributed by atoms with Crippen molar-refractivity contribution in [1.82, 2.24) is 19.9 Å². The van der Waals surface area contributed by atoms with E-state index < -0.39 is 0 Å². The number of anilines is 2. The lowest BCUT2D eigenvalue weighted by Gasteiger charge is -2.34. The van der Waals surface area contributed by atoms with Crippen LogP contribution < -0.4 is 10.2 Å². The minimum absolute atomic E-state index is 0.0225. The maximum atomic E-state index is 12.6. The first-order valence-corrected chi connectivity index (χ1v) is 8.29. The normalized spacial score (nSPS) is 14.5. The van der Waals surface area contributed by atoms with Gasteiger partial charge in [0.2, 0.25) is 5.95 Å². The highest BCUT2D eigenvalue weighted by molar-refractivity contribution is 5.92. The van der Waals surface area contributed by atoms with Crippen molar-refractivity contribution in [3.63, 3.8) is 0 Å². The Bertz CT molecular complexity index is 653. The van der Waals surface area contributed by atoms with E-state index in [0.717, 1.165) is 31.7 Å². The van der Waals surface area contributed by atoms with E-state index in [1.807, 2.05) is 11.0 Å². The van der Waals surface area contributed by atoms with E-state index in [9.17, 15) is 4.79 Å². The molecule has 1 N–H and O–H groups in total. The Morgan fingerprint density at radius 3 is 2.50 bits per heavy atom. The monoisotopic (exact) mass is 326 g/mol. The number of piperazine rings is 1. The number of pyridine rings is 1. The summed E-state index contributed by atoms with van der Waals surface area (Å²) in [7, 11) is 0. The van der Waals surface area contributed by atoms with Gasteiger partial charge < -0.3 is 15.1 Å². The van der Waals surface area contributed by atoms with Crippen LogP contribution in [-0.2, 0) is 0 Å². The summed E-state index contributed by atoms with van der Waals surface area (Å²) in [6.07, 6.45) is 6.24. The van der Waals surface area contributed by atoms with Crippen molar-refractivity contribution in [2.75, 3.05) is 42.9 Å². The van der Waals surface area contributed by atoms with Crippen LogP contribution in [0.4, 0.5) is 11.6 Å². The molecule has 2 aromatic rings. The third-order valence-electron chi connectivity index (χ3n) is 3.96. The molecule has 7 heteroatoms. The number of aromatic nitrogens is 3. The van der Waals surface area contributed by atoms with Gasteiger partial charge >= 0.3 is 0 Å². The van der Waals surface area contributed by atoms with Crippen molar-refractivity contribution in [3.05, 3.63) is 42.5 Å². The first-order chi connectivity index (χ1) is 11.8. The number of rotatable bonds is 5. The topological polar surface area (TPSA) is 74.2 Å². The molecular weight excluding hydrogens is 304 g/mol. The van der Waals surface area contributed by atoms with Crippen LogP contribution in [0.2, 0.25) is 0 Å². The Balaban J connectivity index is 1.57. The van der Waals surface area contributed by atoms with E-state index in [4.69, 9.17) is 0 Å². The molecule has 0 aromatic carbocycles. The summed E-state index contributed by atoms with van der Waals surface area (Å²) in [5.74, 6) is 0.694. The summed E-state index contributed by atoms with van der Waals surface area (Å²) in [5, 5.41) is 3.26. The number of amides is 1. The average Bonchev–Trinajstić information content (AvgIpc) is 2.67. The minimum atomic E-state index is -0.0225. The molecule has 0 radical (unpaired) electrons. The summed E-state index contributed by atoms with van der Waals surface area (Å²) in [5.41, 5.74) is 1.43. The molecule has 1 aliphatic heterocycles. The third-order valence-corrected chi connectivity index (χ3v) is 3.96. The van der Waals surface area contributed by atoms with E-state index in [2.05, 4.69) is 32.1 Å². The van der Waals surface area contributed by atoms with Gasteiger partial charge in [-0.2, -0.15) is 0 Å². The number of nitrogens with zero attached hydrogens (tertiary/aromatic N) is 5. The molecule has 3 heterocycles. The molecule has 0 unspecified atom stereocenters. The van der Waals surface area contributed by atoms with Crippen LogP contribution in [0, 0.1) is 0 Å². The molecule has 24 heavy (non-hydrogen) atoms. The van der Waals surface area contributed by atoms with Gasteiger partial charge in [-0.1, -0.05) is 6.92 Å². The van der Waals surface area contributed by atoms with Crippen molar-refractivity contribution in [2.45, 2.75) is 13.3 Å². The van der Waals surface area contributed by atoms with Gasteiger partial charge in [0.05, 0.1) is 11.9 Å². The summed E-state index contributed by atoms with van der Waals surface area (Å²) >= 11 is 0. The SMILES string of the molecule is CCCNc1ccc(C(=O)N2CCN(c3ncccn3)CC2)nc1. The lowest BCUT2D eigenvalue weighted by Crippen LogP contribution is -2.49. The molecule has 0 atom stereocenters. The van der Waals surface area contributed by atoms with Crippen molar-refractivity contribution in [2.24, 2.45) is 0 Å². The highest BCUT2D eigenvalue weighted by Gasteiger charge is 2.23. The van der Waals surface area contributed by atoms with Gasteiger partial charge in [-0.25, -0.2) is 15.0 Å².